The van der Waals surface area contributed by atoms with Crippen LogP contribution in [-0.4, -0.2) is 15.8 Å². The van der Waals surface area contributed by atoms with Crippen LogP contribution in [0.4, 0.5) is 0 Å². The van der Waals surface area contributed by atoms with Gasteiger partial charge in [0.2, 0.25) is 0 Å². The zero-order valence-electron chi connectivity index (χ0n) is 11.8. The van der Waals surface area contributed by atoms with E-state index in [0.717, 1.165) is 24.7 Å². The molecule has 3 nitrogen and oxygen atoms in total. The van der Waals surface area contributed by atoms with Crippen molar-refractivity contribution in [3.8, 4) is 0 Å². The summed E-state index contributed by atoms with van der Waals surface area (Å²) in [6.45, 7) is 2.31. The van der Waals surface area contributed by atoms with Crippen molar-refractivity contribution in [1.29, 1.82) is 0 Å². The number of nitrogens with two attached hydrogens (primary N) is 1. The molecule has 2 rings (SSSR count). The minimum atomic E-state index is 0.370. The van der Waals surface area contributed by atoms with Gasteiger partial charge in [-0.25, -0.2) is 0 Å². The maximum absolute atomic E-state index is 6.40. The molecule has 1 fully saturated rings. The molecule has 0 spiro atoms. The normalized spacial score (nSPS) is 26.2. The van der Waals surface area contributed by atoms with Crippen LogP contribution in [0.1, 0.15) is 51.1 Å². The molecule has 1 aromatic heterocycles. The molecule has 0 radical (unpaired) electrons. The molecule has 0 aromatic carbocycles. The average Bonchev–Trinajstić information content (AvgIpc) is 2.81. The van der Waals surface area contributed by atoms with E-state index in [2.05, 4.69) is 18.1 Å². The third-order valence-corrected chi connectivity index (χ3v) is 4.66. The van der Waals surface area contributed by atoms with Crippen molar-refractivity contribution >= 4 is 0 Å². The van der Waals surface area contributed by atoms with Crippen LogP contribution in [0.15, 0.2) is 12.3 Å². The van der Waals surface area contributed by atoms with Gasteiger partial charge in [-0.1, -0.05) is 26.2 Å². The van der Waals surface area contributed by atoms with Crippen LogP contribution in [0, 0.1) is 11.8 Å². The third-order valence-electron chi connectivity index (χ3n) is 4.66. The van der Waals surface area contributed by atoms with Crippen LogP contribution < -0.4 is 5.73 Å². The number of nitrogens with zero attached hydrogens (tertiary/aromatic N) is 2. The summed E-state index contributed by atoms with van der Waals surface area (Å²) in [4.78, 5) is 0. The van der Waals surface area contributed by atoms with Gasteiger partial charge < -0.3 is 5.73 Å². The monoisotopic (exact) mass is 249 g/mol. The highest BCUT2D eigenvalue weighted by Crippen LogP contribution is 2.33. The highest BCUT2D eigenvalue weighted by Gasteiger charge is 2.25. The minimum absolute atomic E-state index is 0.370. The molecule has 1 aliphatic carbocycles. The van der Waals surface area contributed by atoms with E-state index in [1.807, 2.05) is 17.9 Å². The van der Waals surface area contributed by atoms with Crippen molar-refractivity contribution in [2.24, 2.45) is 24.6 Å². The van der Waals surface area contributed by atoms with Gasteiger partial charge in [-0.3, -0.25) is 4.68 Å². The maximum Gasteiger partial charge on any atom is 0.0492 e. The molecule has 0 bridgehead atoms. The van der Waals surface area contributed by atoms with Crippen LogP contribution in [0.25, 0.3) is 0 Å². The lowest BCUT2D eigenvalue weighted by Crippen LogP contribution is -2.34. The highest BCUT2D eigenvalue weighted by atomic mass is 15.2. The predicted molar refractivity (Wildman–Crippen MR) is 75.2 cm³/mol. The van der Waals surface area contributed by atoms with Gasteiger partial charge in [-0.2, -0.15) is 5.10 Å². The topological polar surface area (TPSA) is 43.8 Å². The Balaban J connectivity index is 1.80. The summed E-state index contributed by atoms with van der Waals surface area (Å²) in [6.07, 6.45) is 10.8. The SMILES string of the molecule is CCC1CCCC(C(N)CCc2ccnn2C)C1. The minimum Gasteiger partial charge on any atom is -0.327 e. The van der Waals surface area contributed by atoms with Crippen LogP contribution in [0.3, 0.4) is 0 Å². The molecule has 1 aromatic rings. The molecule has 1 saturated carbocycles. The molecule has 1 aliphatic rings. The third kappa shape index (κ3) is 3.35. The van der Waals surface area contributed by atoms with E-state index in [1.54, 1.807) is 0 Å². The van der Waals surface area contributed by atoms with E-state index >= 15 is 0 Å². The van der Waals surface area contributed by atoms with E-state index in [4.69, 9.17) is 5.73 Å². The summed E-state index contributed by atoms with van der Waals surface area (Å²) in [5, 5.41) is 4.21. The van der Waals surface area contributed by atoms with Gasteiger partial charge in [0, 0.05) is 25.0 Å². The molecular formula is C15H27N3. The summed E-state index contributed by atoms with van der Waals surface area (Å²) in [6, 6.07) is 2.47. The highest BCUT2D eigenvalue weighted by molar-refractivity contribution is 5.00. The van der Waals surface area contributed by atoms with Crippen LogP contribution in [0.5, 0.6) is 0 Å². The average molecular weight is 249 g/mol. The lowest BCUT2D eigenvalue weighted by molar-refractivity contribution is 0.223. The Bertz CT molecular complexity index is 358. The summed E-state index contributed by atoms with van der Waals surface area (Å²) in [5.74, 6) is 1.67. The zero-order valence-corrected chi connectivity index (χ0v) is 11.8. The van der Waals surface area contributed by atoms with Gasteiger partial charge in [0.25, 0.3) is 0 Å². The van der Waals surface area contributed by atoms with Gasteiger partial charge in [0.1, 0.15) is 0 Å². The fourth-order valence-corrected chi connectivity index (χ4v) is 3.29. The lowest BCUT2D eigenvalue weighted by Gasteiger charge is -2.32. The van der Waals surface area contributed by atoms with Gasteiger partial charge in [0.15, 0.2) is 0 Å². The number of hydrogen-bond acceptors (Lipinski definition) is 2. The quantitative estimate of drug-likeness (QED) is 0.872. The fraction of sp³-hybridized carbons (Fsp3) is 0.800. The van der Waals surface area contributed by atoms with E-state index in [-0.39, 0.29) is 0 Å². The van der Waals surface area contributed by atoms with Crippen molar-refractivity contribution < 1.29 is 0 Å². The van der Waals surface area contributed by atoms with Gasteiger partial charge in [-0.05, 0) is 43.6 Å². The number of aromatic nitrogens is 2. The first-order valence-corrected chi connectivity index (χ1v) is 7.43. The van der Waals surface area contributed by atoms with E-state index in [1.165, 1.54) is 37.8 Å². The molecule has 3 atom stereocenters. The summed E-state index contributed by atoms with van der Waals surface area (Å²) < 4.78 is 1.96. The Kier molecular flexibility index (Phi) is 4.81. The van der Waals surface area contributed by atoms with Crippen molar-refractivity contribution in [2.45, 2.75) is 57.9 Å². The number of hydrogen-bond donors (Lipinski definition) is 1. The predicted octanol–water partition coefficient (Wildman–Crippen LogP) is 2.90. The lowest BCUT2D eigenvalue weighted by atomic mass is 9.76. The first-order chi connectivity index (χ1) is 8.70. The Labute approximate surface area is 111 Å². The largest absolute Gasteiger partial charge is 0.327 e. The van der Waals surface area contributed by atoms with Crippen LogP contribution >= 0.6 is 0 Å². The van der Waals surface area contributed by atoms with Crippen molar-refractivity contribution in [3.63, 3.8) is 0 Å². The van der Waals surface area contributed by atoms with Crippen molar-refractivity contribution in [3.05, 3.63) is 18.0 Å². The molecular weight excluding hydrogens is 222 g/mol. The Morgan fingerprint density at radius 1 is 1.50 bits per heavy atom. The van der Waals surface area contributed by atoms with Crippen LogP contribution in [-0.2, 0) is 13.5 Å². The second-order valence-corrected chi connectivity index (χ2v) is 5.85. The first kappa shape index (κ1) is 13.6. The molecule has 2 N–H and O–H groups in total. The van der Waals surface area contributed by atoms with Crippen molar-refractivity contribution in [2.75, 3.05) is 0 Å². The van der Waals surface area contributed by atoms with Crippen molar-refractivity contribution in [1.82, 2.24) is 9.78 Å². The van der Waals surface area contributed by atoms with E-state index in [0.29, 0.717) is 6.04 Å². The molecule has 3 heteroatoms. The summed E-state index contributed by atoms with van der Waals surface area (Å²) in [5.41, 5.74) is 7.70. The van der Waals surface area contributed by atoms with Crippen LogP contribution in [0.2, 0.25) is 0 Å². The summed E-state index contributed by atoms with van der Waals surface area (Å²) >= 11 is 0. The standard InChI is InChI=1S/C15H27N3/c1-3-12-5-4-6-13(11-12)15(16)8-7-14-9-10-17-18(14)2/h9-10,12-13,15H,3-8,11,16H2,1-2H3. The number of aryl methyl sites for hydroxylation is 2. The molecule has 0 saturated heterocycles. The number of rotatable bonds is 5. The Hall–Kier alpha value is -0.830. The smallest absolute Gasteiger partial charge is 0.0492 e. The Morgan fingerprint density at radius 2 is 2.33 bits per heavy atom. The van der Waals surface area contributed by atoms with E-state index < -0.39 is 0 Å². The molecule has 18 heavy (non-hydrogen) atoms. The van der Waals surface area contributed by atoms with Gasteiger partial charge >= 0.3 is 0 Å². The molecule has 0 aliphatic heterocycles. The van der Waals surface area contributed by atoms with Gasteiger partial charge in [-0.15, -0.1) is 0 Å². The molecule has 0 amide bonds. The molecule has 1 heterocycles. The fourth-order valence-electron chi connectivity index (χ4n) is 3.29. The second kappa shape index (κ2) is 6.37. The summed E-state index contributed by atoms with van der Waals surface area (Å²) in [7, 11) is 2.01. The Morgan fingerprint density at radius 3 is 3.00 bits per heavy atom. The van der Waals surface area contributed by atoms with Gasteiger partial charge in [0.05, 0.1) is 0 Å². The maximum atomic E-state index is 6.40. The molecule has 102 valence electrons. The van der Waals surface area contributed by atoms with E-state index in [9.17, 15) is 0 Å². The first-order valence-electron chi connectivity index (χ1n) is 7.43. The zero-order chi connectivity index (χ0) is 13.0. The second-order valence-electron chi connectivity index (χ2n) is 5.85. The molecule has 3 unspecified atom stereocenters.